The molecule has 158 valence electrons. The summed E-state index contributed by atoms with van der Waals surface area (Å²) in [6.45, 7) is 0.675. The first-order valence-corrected chi connectivity index (χ1v) is 10.0. The van der Waals surface area contributed by atoms with Gasteiger partial charge >= 0.3 is 6.09 Å². The first-order chi connectivity index (χ1) is 14.6. The molecule has 0 aliphatic carbocycles. The third kappa shape index (κ3) is 4.81. The lowest BCUT2D eigenvalue weighted by molar-refractivity contribution is 0.00880. The Morgan fingerprint density at radius 2 is 1.67 bits per heavy atom. The molecule has 2 aromatic rings. The Labute approximate surface area is 179 Å². The minimum atomic E-state index is -0.560. The zero-order valence-corrected chi connectivity index (χ0v) is 17.2. The topological polar surface area (TPSA) is 90.1 Å². The first-order valence-electron chi connectivity index (χ1n) is 9.60. The van der Waals surface area contributed by atoms with E-state index in [1.807, 2.05) is 30.3 Å². The quantitative estimate of drug-likeness (QED) is 0.626. The van der Waals surface area contributed by atoms with Crippen molar-refractivity contribution in [1.29, 1.82) is 0 Å². The molecule has 2 fully saturated rings. The van der Waals surface area contributed by atoms with Crippen molar-refractivity contribution < 1.29 is 23.7 Å². The van der Waals surface area contributed by atoms with Gasteiger partial charge < -0.3 is 29.6 Å². The van der Waals surface area contributed by atoms with Crippen LogP contribution in [0.15, 0.2) is 54.6 Å². The summed E-state index contributed by atoms with van der Waals surface area (Å²) < 4.78 is 22.3. The number of methoxy groups -OCH3 is 1. The lowest BCUT2D eigenvalue weighted by atomic mass is 10.1. The molecule has 0 saturated carbocycles. The largest absolute Gasteiger partial charge is 0.497 e. The van der Waals surface area contributed by atoms with Gasteiger partial charge in [-0.15, -0.1) is 0 Å². The van der Waals surface area contributed by atoms with Crippen LogP contribution in [0.5, 0.6) is 5.75 Å². The molecule has 9 heteroatoms. The fourth-order valence-corrected chi connectivity index (χ4v) is 3.77. The number of carbonyl (C=O) groups excluding carboxylic acids is 1. The highest BCUT2D eigenvalue weighted by molar-refractivity contribution is 7.80. The van der Waals surface area contributed by atoms with Gasteiger partial charge in [0.2, 0.25) is 0 Å². The van der Waals surface area contributed by atoms with Crippen molar-refractivity contribution in [2.24, 2.45) is 0 Å². The van der Waals surface area contributed by atoms with Gasteiger partial charge in [-0.2, -0.15) is 0 Å². The van der Waals surface area contributed by atoms with Crippen LogP contribution in [0.2, 0.25) is 0 Å². The average molecular weight is 429 g/mol. The summed E-state index contributed by atoms with van der Waals surface area (Å²) in [4.78, 5) is 12.3. The maximum absolute atomic E-state index is 12.3. The molecule has 4 rings (SSSR count). The van der Waals surface area contributed by atoms with Gasteiger partial charge in [0.1, 0.15) is 18.0 Å². The summed E-state index contributed by atoms with van der Waals surface area (Å²) >= 11 is 5.39. The molecular formula is C21H23N3O5S. The highest BCUT2D eigenvalue weighted by Gasteiger charge is 2.49. The van der Waals surface area contributed by atoms with E-state index >= 15 is 0 Å². The molecule has 4 atom stereocenters. The van der Waals surface area contributed by atoms with Crippen LogP contribution >= 0.6 is 12.2 Å². The van der Waals surface area contributed by atoms with E-state index in [0.29, 0.717) is 23.2 Å². The van der Waals surface area contributed by atoms with Crippen molar-refractivity contribution in [2.45, 2.75) is 24.4 Å². The second kappa shape index (κ2) is 9.29. The van der Waals surface area contributed by atoms with Crippen LogP contribution in [0.1, 0.15) is 0 Å². The molecule has 0 aromatic heterocycles. The number of carbonyl (C=O) groups is 1. The Kier molecular flexibility index (Phi) is 6.32. The predicted molar refractivity (Wildman–Crippen MR) is 116 cm³/mol. The van der Waals surface area contributed by atoms with Gasteiger partial charge in [-0.05, 0) is 48.6 Å². The number of ether oxygens (including phenoxy) is 4. The molecule has 30 heavy (non-hydrogen) atoms. The van der Waals surface area contributed by atoms with Crippen LogP contribution in [0, 0.1) is 0 Å². The molecule has 4 unspecified atom stereocenters. The molecule has 3 N–H and O–H groups in total. The maximum Gasteiger partial charge on any atom is 0.412 e. The smallest absolute Gasteiger partial charge is 0.412 e. The summed E-state index contributed by atoms with van der Waals surface area (Å²) in [6, 6.07) is 16.5. The zero-order chi connectivity index (χ0) is 20.9. The fraction of sp³-hybridized carbons (Fsp3) is 0.333. The van der Waals surface area contributed by atoms with E-state index in [1.54, 1.807) is 31.4 Å². The van der Waals surface area contributed by atoms with Gasteiger partial charge in [-0.1, -0.05) is 18.2 Å². The van der Waals surface area contributed by atoms with E-state index in [4.69, 9.17) is 31.2 Å². The summed E-state index contributed by atoms with van der Waals surface area (Å²) in [6.07, 6.45) is -1.64. The standard InChI is InChI=1S/C21H23N3O5S/c1-26-15-9-7-14(8-10-15)23-21(25)29-17-12-28-18-16(11-27-19(17)18)24-20(30)22-13-5-3-2-4-6-13/h2-10,16-19H,11-12H2,1H3,(H,23,25)(H2,22,24,30). The summed E-state index contributed by atoms with van der Waals surface area (Å²) in [5, 5.41) is 9.54. The van der Waals surface area contributed by atoms with Crippen LogP contribution in [0.3, 0.4) is 0 Å². The van der Waals surface area contributed by atoms with Crippen LogP contribution < -0.4 is 20.7 Å². The lowest BCUT2D eigenvalue weighted by Crippen LogP contribution is -2.46. The predicted octanol–water partition coefficient (Wildman–Crippen LogP) is 2.77. The van der Waals surface area contributed by atoms with E-state index in [-0.39, 0.29) is 24.9 Å². The number of para-hydroxylation sites is 1. The number of benzene rings is 2. The third-order valence-corrected chi connectivity index (χ3v) is 5.17. The van der Waals surface area contributed by atoms with Crippen LogP contribution in [-0.4, -0.2) is 55.9 Å². The minimum absolute atomic E-state index is 0.128. The highest BCUT2D eigenvalue weighted by Crippen LogP contribution is 2.29. The Bertz CT molecular complexity index is 880. The van der Waals surface area contributed by atoms with Gasteiger partial charge in [-0.3, -0.25) is 5.32 Å². The molecule has 2 heterocycles. The number of anilines is 2. The lowest BCUT2D eigenvalue weighted by Gasteiger charge is -2.20. The van der Waals surface area contributed by atoms with E-state index < -0.39 is 12.2 Å². The average Bonchev–Trinajstić information content (AvgIpc) is 3.33. The second-order valence-corrected chi connectivity index (χ2v) is 7.37. The van der Waals surface area contributed by atoms with E-state index in [1.165, 1.54) is 0 Å². The van der Waals surface area contributed by atoms with Crippen molar-refractivity contribution in [2.75, 3.05) is 31.0 Å². The van der Waals surface area contributed by atoms with Crippen LogP contribution in [0.25, 0.3) is 0 Å². The van der Waals surface area contributed by atoms with E-state index in [2.05, 4.69) is 16.0 Å². The number of thiocarbonyl (C=S) groups is 1. The number of fused-ring (bicyclic) bond motifs is 1. The Balaban J connectivity index is 1.27. The maximum atomic E-state index is 12.3. The van der Waals surface area contributed by atoms with Crippen molar-refractivity contribution >= 4 is 34.8 Å². The first kappa shape index (κ1) is 20.4. The molecule has 2 aromatic carbocycles. The third-order valence-electron chi connectivity index (χ3n) is 4.95. The van der Waals surface area contributed by atoms with Crippen LogP contribution in [0.4, 0.5) is 16.2 Å². The number of nitrogens with one attached hydrogen (secondary N) is 3. The molecule has 0 spiro atoms. The van der Waals surface area contributed by atoms with Crippen molar-refractivity contribution in [3.63, 3.8) is 0 Å². The van der Waals surface area contributed by atoms with E-state index in [0.717, 1.165) is 5.69 Å². The molecule has 2 saturated heterocycles. The molecule has 2 aliphatic rings. The van der Waals surface area contributed by atoms with Gasteiger partial charge in [0.05, 0.1) is 26.4 Å². The molecule has 0 radical (unpaired) electrons. The summed E-state index contributed by atoms with van der Waals surface area (Å²) in [5.41, 5.74) is 1.51. The zero-order valence-electron chi connectivity index (χ0n) is 16.4. The summed E-state index contributed by atoms with van der Waals surface area (Å²) in [5.74, 6) is 0.707. The molecular weight excluding hydrogens is 406 g/mol. The Hall–Kier alpha value is -2.88. The molecule has 0 bridgehead atoms. The minimum Gasteiger partial charge on any atom is -0.497 e. The molecule has 1 amide bonds. The van der Waals surface area contributed by atoms with Gasteiger partial charge in [0.25, 0.3) is 0 Å². The van der Waals surface area contributed by atoms with Crippen LogP contribution in [-0.2, 0) is 14.2 Å². The Morgan fingerprint density at radius 1 is 0.967 bits per heavy atom. The second-order valence-electron chi connectivity index (χ2n) is 6.96. The SMILES string of the molecule is COc1ccc(NC(=O)OC2COC3C(NC(=S)Nc4ccccc4)COC23)cc1. The normalized spacial score (nSPS) is 24.6. The number of amides is 1. The van der Waals surface area contributed by atoms with Gasteiger partial charge in [-0.25, -0.2) is 4.79 Å². The fourth-order valence-electron chi connectivity index (χ4n) is 3.51. The molecule has 2 aliphatic heterocycles. The highest BCUT2D eigenvalue weighted by atomic mass is 32.1. The van der Waals surface area contributed by atoms with Crippen molar-refractivity contribution in [1.82, 2.24) is 5.32 Å². The van der Waals surface area contributed by atoms with E-state index in [9.17, 15) is 4.79 Å². The van der Waals surface area contributed by atoms with Gasteiger partial charge in [0, 0.05) is 11.4 Å². The molecule has 8 nitrogen and oxygen atoms in total. The van der Waals surface area contributed by atoms with Gasteiger partial charge in [0.15, 0.2) is 11.2 Å². The summed E-state index contributed by atoms with van der Waals surface area (Å²) in [7, 11) is 1.58. The number of hydrogen-bond acceptors (Lipinski definition) is 6. The number of rotatable bonds is 5. The Morgan fingerprint density at radius 3 is 2.40 bits per heavy atom. The van der Waals surface area contributed by atoms with Crippen molar-refractivity contribution in [3.8, 4) is 5.75 Å². The number of hydrogen-bond donors (Lipinski definition) is 3. The monoisotopic (exact) mass is 429 g/mol. The van der Waals surface area contributed by atoms with Crippen molar-refractivity contribution in [3.05, 3.63) is 54.6 Å².